The number of hydrogen-bond acceptors (Lipinski definition) is 6. The van der Waals surface area contributed by atoms with Gasteiger partial charge in [-0.15, -0.1) is 0 Å². The van der Waals surface area contributed by atoms with Gasteiger partial charge in [-0.3, -0.25) is 10.8 Å². The zero-order valence-electron chi connectivity index (χ0n) is 20.6. The topological polar surface area (TPSA) is 81.2 Å². The van der Waals surface area contributed by atoms with Gasteiger partial charge in [-0.05, 0) is 33.3 Å². The molecule has 0 spiro atoms. The standard InChI is InChI=1S/C9H21N3.C6H6N2.C2H3N.2F6P.Ru/c1-10-4-6-11(2)8-9-12(3)7-5-10;7-5-3-1-2-4-6(5)8;1-2-3;2*1-7(2,3,4,5)6;/h4-9H2,1-3H3;1-4,7-8H;1H3;;;/q;;;2*-1;+2. The Labute approximate surface area is 225 Å². The number of nitrogens with zero attached hydrogens (tertiary/aromatic N) is 4. The van der Waals surface area contributed by atoms with E-state index in [-0.39, 0.29) is 30.9 Å². The van der Waals surface area contributed by atoms with Crippen molar-refractivity contribution in [2.24, 2.45) is 0 Å². The largest absolute Gasteiger partial charge is 2.00 e. The van der Waals surface area contributed by atoms with Crippen molar-refractivity contribution in [3.05, 3.63) is 24.3 Å². The molecule has 230 valence electrons. The normalized spacial score (nSPS) is 20.7. The zero-order valence-corrected chi connectivity index (χ0v) is 24.2. The molecule has 0 aromatic heterocycles. The quantitative estimate of drug-likeness (QED) is 0.115. The van der Waals surface area contributed by atoms with E-state index < -0.39 is 15.6 Å². The summed E-state index contributed by atoms with van der Waals surface area (Å²) in [6.45, 7) is 8.62. The van der Waals surface area contributed by atoms with Gasteiger partial charge in [-0.1, -0.05) is 12.2 Å². The van der Waals surface area contributed by atoms with Crippen LogP contribution in [0.15, 0.2) is 24.3 Å². The number of allylic oxidation sites excluding steroid dienone is 4. The summed E-state index contributed by atoms with van der Waals surface area (Å²) >= 11 is 0. The fourth-order valence-corrected chi connectivity index (χ4v) is 1.84. The third-order valence-corrected chi connectivity index (χ3v) is 3.52. The molecular weight excluding hydrogens is 679 g/mol. The van der Waals surface area contributed by atoms with Gasteiger partial charge in [0.15, 0.2) is 0 Å². The fourth-order valence-electron chi connectivity index (χ4n) is 1.84. The molecule has 21 heteroatoms. The van der Waals surface area contributed by atoms with Crippen molar-refractivity contribution in [2.45, 2.75) is 6.92 Å². The maximum atomic E-state index is 9.87. The van der Waals surface area contributed by atoms with Gasteiger partial charge in [-0.2, -0.15) is 5.26 Å². The Morgan fingerprint density at radius 3 is 0.842 bits per heavy atom. The summed E-state index contributed by atoms with van der Waals surface area (Å²) in [4.78, 5) is 7.20. The predicted octanol–water partition coefficient (Wildman–Crippen LogP) is 8.24. The molecule has 0 aromatic carbocycles. The predicted molar refractivity (Wildman–Crippen MR) is 125 cm³/mol. The molecule has 0 saturated carbocycles. The van der Waals surface area contributed by atoms with Gasteiger partial charge in [-0.25, -0.2) is 0 Å². The molecule has 0 unspecified atom stereocenters. The van der Waals surface area contributed by atoms with Gasteiger partial charge in [0.05, 0.1) is 17.5 Å². The van der Waals surface area contributed by atoms with Gasteiger partial charge in [0, 0.05) is 46.2 Å². The van der Waals surface area contributed by atoms with E-state index in [4.69, 9.17) is 16.1 Å². The fraction of sp³-hybridized carbons (Fsp3) is 0.588. The minimum absolute atomic E-state index is 0. The average Bonchev–Trinajstić information content (AvgIpc) is 2.67. The van der Waals surface area contributed by atoms with Crippen molar-refractivity contribution in [3.63, 3.8) is 0 Å². The number of hydrogen-bond donors (Lipinski definition) is 2. The second-order valence-corrected chi connectivity index (χ2v) is 11.4. The van der Waals surface area contributed by atoms with Gasteiger partial charge in [0.25, 0.3) is 0 Å². The van der Waals surface area contributed by atoms with E-state index in [1.165, 1.54) is 46.2 Å². The Morgan fingerprint density at radius 1 is 0.605 bits per heavy atom. The summed E-state index contributed by atoms with van der Waals surface area (Å²) in [5, 5.41) is 21.4. The van der Waals surface area contributed by atoms with Crippen molar-refractivity contribution in [1.82, 2.24) is 14.7 Å². The maximum Gasteiger partial charge on any atom is 2.00 e. The SMILES string of the molecule is CC#N.CN1CCN(C)CCN(C)CC1.F[P-](F)(F)(F)(F)F.F[P-](F)(F)(F)(F)F.N=C1C=CC=CC1=N.[Ru+2]. The number of rotatable bonds is 0. The molecule has 38 heavy (non-hydrogen) atoms. The first-order valence-electron chi connectivity index (χ1n) is 9.82. The molecule has 0 atom stereocenters. The molecule has 1 heterocycles. The molecule has 2 N–H and O–H groups in total. The molecule has 1 aliphatic carbocycles. The van der Waals surface area contributed by atoms with Gasteiger partial charge < -0.3 is 14.7 Å². The first-order chi connectivity index (χ1) is 15.8. The smallest absolute Gasteiger partial charge is 0.299 e. The van der Waals surface area contributed by atoms with Crippen LogP contribution in [0.4, 0.5) is 50.4 Å². The van der Waals surface area contributed by atoms with Crippen LogP contribution in [0, 0.1) is 22.1 Å². The average molecular weight is 709 g/mol. The van der Waals surface area contributed by atoms with E-state index >= 15 is 0 Å². The number of likely N-dealkylation sites (N-methyl/N-ethyl adjacent to an activating group) is 3. The summed E-state index contributed by atoms with van der Waals surface area (Å²) < 4.78 is 118. The van der Waals surface area contributed by atoms with Crippen molar-refractivity contribution in [1.29, 1.82) is 16.1 Å². The van der Waals surface area contributed by atoms with Gasteiger partial charge in [0.1, 0.15) is 0 Å². The van der Waals surface area contributed by atoms with Crippen LogP contribution in [0.25, 0.3) is 0 Å². The van der Waals surface area contributed by atoms with Gasteiger partial charge >= 0.3 is 85.5 Å². The zero-order chi connectivity index (χ0) is 30.5. The summed E-state index contributed by atoms with van der Waals surface area (Å²) in [5.41, 5.74) is 0.569. The van der Waals surface area contributed by atoms with Crippen molar-refractivity contribution < 1.29 is 69.8 Å². The molecular formula is C17H30F12N6P2Ru. The number of halogens is 12. The molecule has 0 bridgehead atoms. The van der Waals surface area contributed by atoms with Crippen LogP contribution in [-0.2, 0) is 19.5 Å². The molecule has 1 fully saturated rings. The van der Waals surface area contributed by atoms with E-state index in [9.17, 15) is 50.4 Å². The van der Waals surface area contributed by atoms with Crippen LogP contribution in [0.1, 0.15) is 6.92 Å². The molecule has 0 aromatic rings. The van der Waals surface area contributed by atoms with Crippen LogP contribution in [0.5, 0.6) is 0 Å². The van der Waals surface area contributed by atoms with Crippen molar-refractivity contribution >= 4 is 27.0 Å². The summed E-state index contributed by atoms with van der Waals surface area (Å²) in [7, 11) is -14.7. The van der Waals surface area contributed by atoms with E-state index in [1.807, 2.05) is 0 Å². The molecule has 1 saturated heterocycles. The first kappa shape index (κ1) is 43.9. The molecule has 0 radical (unpaired) electrons. The second-order valence-electron chi connectivity index (χ2n) is 7.60. The Morgan fingerprint density at radius 2 is 0.737 bits per heavy atom. The third-order valence-electron chi connectivity index (χ3n) is 3.52. The van der Waals surface area contributed by atoms with E-state index in [0.717, 1.165) is 0 Å². The molecule has 2 aliphatic rings. The molecule has 0 amide bonds. The number of nitriles is 1. The minimum Gasteiger partial charge on any atom is -0.299 e. The van der Waals surface area contributed by atoms with Crippen LogP contribution in [0.3, 0.4) is 0 Å². The molecule has 1 aliphatic heterocycles. The minimum atomic E-state index is -10.7. The van der Waals surface area contributed by atoms with E-state index in [2.05, 4.69) is 35.8 Å². The Kier molecular flexibility index (Phi) is 16.7. The molecule has 6 nitrogen and oxygen atoms in total. The van der Waals surface area contributed by atoms with Crippen molar-refractivity contribution in [2.75, 3.05) is 60.4 Å². The maximum absolute atomic E-state index is 10.7. The van der Waals surface area contributed by atoms with Crippen LogP contribution in [0.2, 0.25) is 0 Å². The second kappa shape index (κ2) is 14.5. The van der Waals surface area contributed by atoms with E-state index in [1.54, 1.807) is 30.4 Å². The summed E-state index contributed by atoms with van der Waals surface area (Å²) in [5.74, 6) is 0. The summed E-state index contributed by atoms with van der Waals surface area (Å²) in [6, 6.07) is 1.75. The van der Waals surface area contributed by atoms with Crippen LogP contribution in [-0.4, -0.2) is 86.5 Å². The van der Waals surface area contributed by atoms with Crippen molar-refractivity contribution in [3.8, 4) is 6.07 Å². The van der Waals surface area contributed by atoms with Gasteiger partial charge in [0.2, 0.25) is 0 Å². The van der Waals surface area contributed by atoms with E-state index in [0.29, 0.717) is 0 Å². The number of nitrogens with one attached hydrogen (secondary N) is 2. The Bertz CT molecular complexity index is 743. The monoisotopic (exact) mass is 710 g/mol. The van der Waals surface area contributed by atoms with Crippen LogP contribution >= 0.6 is 15.6 Å². The summed E-state index contributed by atoms with van der Waals surface area (Å²) in [6.07, 6.45) is 6.70. The van der Waals surface area contributed by atoms with Crippen LogP contribution < -0.4 is 0 Å². The molecule has 2 rings (SSSR count). The Hall–Kier alpha value is -1.17. The Balaban J connectivity index is -0.000000199. The third kappa shape index (κ3) is 64.7. The first-order valence-corrected chi connectivity index (χ1v) is 13.9.